The molecule has 0 aromatic heterocycles. The van der Waals surface area contributed by atoms with Crippen molar-refractivity contribution >= 4 is 11.8 Å². The highest BCUT2D eigenvalue weighted by Crippen LogP contribution is 2.31. The molecule has 0 aliphatic heterocycles. The van der Waals surface area contributed by atoms with Crippen LogP contribution in [-0.2, 0) is 16.0 Å². The van der Waals surface area contributed by atoms with E-state index in [1.54, 1.807) is 45.0 Å². The Morgan fingerprint density at radius 2 is 1.64 bits per heavy atom. The molecule has 0 fully saturated rings. The Morgan fingerprint density at radius 3 is 2.20 bits per heavy atom. The normalized spacial score (nSPS) is 13.3. The van der Waals surface area contributed by atoms with Gasteiger partial charge in [0, 0.05) is 6.99 Å². The van der Waals surface area contributed by atoms with Gasteiger partial charge in [0.15, 0.2) is 5.78 Å². The summed E-state index contributed by atoms with van der Waals surface area (Å²) < 4.78 is 5.41. The summed E-state index contributed by atoms with van der Waals surface area (Å²) in [6.45, 7) is 7.32. The second kappa shape index (κ2) is 8.11. The average Bonchev–Trinajstić information content (AvgIpc) is 2.60. The SMILES string of the molecule is Cc1ccc(CCC(C)(C(=O)OC(C)C)C(=O)c2ccccc2)cc1.[HH]. The Hall–Kier alpha value is -2.42. The first-order valence-corrected chi connectivity index (χ1v) is 8.69. The van der Waals surface area contributed by atoms with E-state index in [0.29, 0.717) is 18.4 Å². The zero-order valence-electron chi connectivity index (χ0n) is 15.4. The molecule has 0 aliphatic carbocycles. The number of Topliss-reactive ketones (excluding diaryl/α,β-unsaturated/α-hetero) is 1. The van der Waals surface area contributed by atoms with Gasteiger partial charge in [0.05, 0.1) is 6.10 Å². The number of benzene rings is 2. The lowest BCUT2D eigenvalue weighted by molar-refractivity contribution is -0.156. The van der Waals surface area contributed by atoms with Crippen molar-refractivity contribution in [3.05, 3.63) is 71.3 Å². The quantitative estimate of drug-likeness (QED) is 0.404. The van der Waals surface area contributed by atoms with Crippen LogP contribution >= 0.6 is 0 Å². The second-order valence-corrected chi connectivity index (χ2v) is 6.97. The minimum atomic E-state index is -1.20. The maximum absolute atomic E-state index is 13.1. The van der Waals surface area contributed by atoms with Crippen molar-refractivity contribution in [1.82, 2.24) is 0 Å². The van der Waals surface area contributed by atoms with Gasteiger partial charge in [-0.25, -0.2) is 0 Å². The molecule has 0 saturated carbocycles. The van der Waals surface area contributed by atoms with Gasteiger partial charge in [-0.1, -0.05) is 60.2 Å². The number of esters is 1. The fourth-order valence-electron chi connectivity index (χ4n) is 2.71. The molecule has 1 unspecified atom stereocenters. The van der Waals surface area contributed by atoms with E-state index in [1.165, 1.54) is 5.56 Å². The summed E-state index contributed by atoms with van der Waals surface area (Å²) in [5.74, 6) is -0.644. The molecule has 0 radical (unpaired) electrons. The highest BCUT2D eigenvalue weighted by atomic mass is 16.5. The fraction of sp³-hybridized carbons (Fsp3) is 0.364. The van der Waals surface area contributed by atoms with Crippen molar-refractivity contribution in [2.75, 3.05) is 0 Å². The molecule has 0 bridgehead atoms. The molecule has 3 nitrogen and oxygen atoms in total. The molecule has 2 aromatic carbocycles. The van der Waals surface area contributed by atoms with Gasteiger partial charge < -0.3 is 4.74 Å². The van der Waals surface area contributed by atoms with Crippen LogP contribution in [0.5, 0.6) is 0 Å². The van der Waals surface area contributed by atoms with Crippen LogP contribution in [0.1, 0.15) is 50.1 Å². The molecular weight excluding hydrogens is 312 g/mol. The number of hydrogen-bond acceptors (Lipinski definition) is 3. The maximum Gasteiger partial charge on any atom is 0.319 e. The summed E-state index contributed by atoms with van der Waals surface area (Å²) in [6, 6.07) is 17.1. The molecule has 1 atom stereocenters. The first kappa shape index (κ1) is 18.9. The van der Waals surface area contributed by atoms with Crippen molar-refractivity contribution in [2.24, 2.45) is 5.41 Å². The van der Waals surface area contributed by atoms with Gasteiger partial charge in [0.2, 0.25) is 0 Å². The van der Waals surface area contributed by atoms with Crippen LogP contribution in [0.4, 0.5) is 0 Å². The maximum atomic E-state index is 13.1. The summed E-state index contributed by atoms with van der Waals surface area (Å²) in [7, 11) is 0. The molecule has 134 valence electrons. The molecule has 0 N–H and O–H groups in total. The van der Waals surface area contributed by atoms with Crippen molar-refractivity contribution in [3.63, 3.8) is 0 Å². The van der Waals surface area contributed by atoms with Crippen LogP contribution in [0.3, 0.4) is 0 Å². The number of carbonyl (C=O) groups excluding carboxylic acids is 2. The lowest BCUT2D eigenvalue weighted by Gasteiger charge is -2.27. The average molecular weight is 340 g/mol. The molecule has 0 spiro atoms. The molecule has 3 heteroatoms. The Morgan fingerprint density at radius 1 is 1.04 bits per heavy atom. The number of aryl methyl sites for hydroxylation is 2. The summed E-state index contributed by atoms with van der Waals surface area (Å²) in [6.07, 6.45) is 0.799. The lowest BCUT2D eigenvalue weighted by Crippen LogP contribution is -2.39. The van der Waals surface area contributed by atoms with E-state index in [9.17, 15) is 9.59 Å². The zero-order chi connectivity index (χ0) is 18.4. The highest BCUT2D eigenvalue weighted by molar-refractivity contribution is 6.12. The Bertz CT molecular complexity index is 723. The van der Waals surface area contributed by atoms with Gasteiger partial charge in [0.25, 0.3) is 0 Å². The fourth-order valence-corrected chi connectivity index (χ4v) is 2.71. The number of rotatable bonds is 7. The number of hydrogen-bond donors (Lipinski definition) is 0. The minimum absolute atomic E-state index is 0. The monoisotopic (exact) mass is 340 g/mol. The summed E-state index contributed by atoms with van der Waals surface area (Å²) in [5, 5.41) is 0. The van der Waals surface area contributed by atoms with Gasteiger partial charge in [-0.3, -0.25) is 9.59 Å². The van der Waals surface area contributed by atoms with Crippen LogP contribution < -0.4 is 0 Å². The van der Waals surface area contributed by atoms with E-state index in [0.717, 1.165) is 5.56 Å². The van der Waals surface area contributed by atoms with Crippen molar-refractivity contribution in [2.45, 2.75) is 46.6 Å². The Labute approximate surface area is 151 Å². The van der Waals surface area contributed by atoms with E-state index in [2.05, 4.69) is 0 Å². The summed E-state index contributed by atoms with van der Waals surface area (Å²) in [5.41, 5.74) is 1.63. The van der Waals surface area contributed by atoms with E-state index >= 15 is 0 Å². The largest absolute Gasteiger partial charge is 0.462 e. The van der Waals surface area contributed by atoms with Crippen LogP contribution in [0.25, 0.3) is 0 Å². The van der Waals surface area contributed by atoms with E-state index in [-0.39, 0.29) is 13.3 Å². The van der Waals surface area contributed by atoms with Gasteiger partial charge in [-0.15, -0.1) is 0 Å². The second-order valence-electron chi connectivity index (χ2n) is 6.97. The van der Waals surface area contributed by atoms with Crippen LogP contribution in [0.15, 0.2) is 54.6 Å². The van der Waals surface area contributed by atoms with Gasteiger partial charge in [-0.2, -0.15) is 0 Å². The van der Waals surface area contributed by atoms with Gasteiger partial charge in [0.1, 0.15) is 5.41 Å². The van der Waals surface area contributed by atoms with E-state index in [1.807, 2.05) is 37.3 Å². The van der Waals surface area contributed by atoms with Crippen LogP contribution in [-0.4, -0.2) is 17.9 Å². The molecular formula is C22H28O3. The van der Waals surface area contributed by atoms with E-state index in [4.69, 9.17) is 4.74 Å². The Kier molecular flexibility index (Phi) is 6.13. The number of ketones is 1. The highest BCUT2D eigenvalue weighted by Gasteiger charge is 2.42. The topological polar surface area (TPSA) is 43.4 Å². The first-order chi connectivity index (χ1) is 11.8. The zero-order valence-corrected chi connectivity index (χ0v) is 15.4. The van der Waals surface area contributed by atoms with Crippen LogP contribution in [0.2, 0.25) is 0 Å². The van der Waals surface area contributed by atoms with Gasteiger partial charge >= 0.3 is 5.97 Å². The summed E-state index contributed by atoms with van der Waals surface area (Å²) in [4.78, 5) is 25.8. The first-order valence-electron chi connectivity index (χ1n) is 8.69. The van der Waals surface area contributed by atoms with Crippen LogP contribution in [0, 0.1) is 12.3 Å². The summed E-state index contributed by atoms with van der Waals surface area (Å²) >= 11 is 0. The smallest absolute Gasteiger partial charge is 0.319 e. The standard InChI is InChI=1S/C22H26O3.H2/c1-16(2)25-21(24)22(4,20(23)19-8-6-5-7-9-19)15-14-18-12-10-17(3)11-13-18;/h5-13,16H,14-15H2,1-4H3;1H. The number of ether oxygens (including phenoxy) is 1. The predicted molar refractivity (Wildman–Crippen MR) is 102 cm³/mol. The Balaban J connectivity index is 0.00000338. The molecule has 25 heavy (non-hydrogen) atoms. The molecule has 0 saturated heterocycles. The van der Waals surface area contributed by atoms with Crippen molar-refractivity contribution < 1.29 is 15.8 Å². The predicted octanol–water partition coefficient (Wildman–Crippen LogP) is 5.01. The number of carbonyl (C=O) groups is 2. The molecule has 2 rings (SSSR count). The van der Waals surface area contributed by atoms with Gasteiger partial charge in [-0.05, 0) is 46.1 Å². The third kappa shape index (κ3) is 4.79. The lowest BCUT2D eigenvalue weighted by atomic mass is 9.77. The van der Waals surface area contributed by atoms with Crippen molar-refractivity contribution in [3.8, 4) is 0 Å². The third-order valence-electron chi connectivity index (χ3n) is 4.36. The van der Waals surface area contributed by atoms with E-state index < -0.39 is 11.4 Å². The van der Waals surface area contributed by atoms with Crippen molar-refractivity contribution in [1.29, 1.82) is 0 Å². The third-order valence-corrected chi connectivity index (χ3v) is 4.36. The minimum Gasteiger partial charge on any atom is -0.462 e. The molecule has 0 aliphatic rings. The molecule has 0 amide bonds. The molecule has 2 aromatic rings. The molecule has 0 heterocycles.